The molecule has 1 aliphatic carbocycles. The molecule has 3 aliphatic heterocycles. The van der Waals surface area contributed by atoms with Crippen LogP contribution in [0.4, 0.5) is 13.6 Å². The van der Waals surface area contributed by atoms with Crippen LogP contribution in [-0.2, 0) is 25.0 Å². The summed E-state index contributed by atoms with van der Waals surface area (Å²) in [5.41, 5.74) is -1.48. The summed E-state index contributed by atoms with van der Waals surface area (Å²) in [4.78, 5) is 51.9. The number of aromatic nitrogens is 2. The minimum atomic E-state index is -3.38. The Morgan fingerprint density at radius 3 is 2.47 bits per heavy atom. The number of ether oxygens (including phenoxy) is 4. The van der Waals surface area contributed by atoms with Crippen LogP contribution in [0.2, 0.25) is 0 Å². The quantitative estimate of drug-likeness (QED) is 0.416. The third-order valence-electron chi connectivity index (χ3n) is 11.5. The lowest BCUT2D eigenvalue weighted by Crippen LogP contribution is -2.60. The molecule has 3 fully saturated rings. The van der Waals surface area contributed by atoms with Crippen molar-refractivity contribution in [1.29, 1.82) is 0 Å². The molecule has 49 heavy (non-hydrogen) atoms. The van der Waals surface area contributed by atoms with Crippen LogP contribution >= 0.6 is 0 Å². The number of fused-ring (bicyclic) bond motifs is 5. The highest BCUT2D eigenvalue weighted by atomic mass is 19.3. The minimum Gasteiger partial charge on any atom is -0.497 e. The number of amides is 2. The second-order valence-corrected chi connectivity index (χ2v) is 14.9. The van der Waals surface area contributed by atoms with E-state index in [4.69, 9.17) is 18.9 Å². The predicted octanol–water partition coefficient (Wildman–Crippen LogP) is 5.96. The molecule has 1 aromatic heterocycles. The van der Waals surface area contributed by atoms with Crippen molar-refractivity contribution >= 4 is 28.8 Å². The number of alkyl carbamates (subject to hydrolysis) is 1. The van der Waals surface area contributed by atoms with E-state index in [-0.39, 0.29) is 36.1 Å². The second-order valence-electron chi connectivity index (χ2n) is 14.9. The molecular weight excluding hydrogens is 638 g/mol. The van der Waals surface area contributed by atoms with Gasteiger partial charge >= 0.3 is 6.09 Å². The van der Waals surface area contributed by atoms with Crippen LogP contribution in [0.1, 0.15) is 91.2 Å². The number of benzene rings is 1. The Morgan fingerprint density at radius 2 is 1.76 bits per heavy atom. The molecule has 1 N–H and O–H groups in total. The first-order valence-electron chi connectivity index (χ1n) is 17.5. The summed E-state index contributed by atoms with van der Waals surface area (Å²) in [5, 5.41) is 2.94. The number of nitrogens with one attached hydrogen (secondary N) is 1. The maximum atomic E-state index is 16.2. The summed E-state index contributed by atoms with van der Waals surface area (Å²) in [6, 6.07) is 2.88. The lowest BCUT2D eigenvalue weighted by molar-refractivity contribution is -0.144. The Kier molecular flexibility index (Phi) is 9.78. The first-order valence-corrected chi connectivity index (χ1v) is 17.5. The van der Waals surface area contributed by atoms with Crippen molar-refractivity contribution in [2.24, 2.45) is 17.3 Å². The molecule has 0 radical (unpaired) electrons. The lowest BCUT2D eigenvalue weighted by atomic mass is 9.75. The van der Waals surface area contributed by atoms with Crippen molar-refractivity contribution in [2.75, 3.05) is 26.9 Å². The smallest absolute Gasteiger partial charge is 0.408 e. The zero-order chi connectivity index (χ0) is 35.1. The highest BCUT2D eigenvalue weighted by Gasteiger charge is 2.52. The van der Waals surface area contributed by atoms with Crippen molar-refractivity contribution in [3.8, 4) is 11.6 Å². The monoisotopic (exact) mass is 686 g/mol. The number of nitrogens with zero attached hydrogens (tertiary/aromatic N) is 3. The Bertz CT molecular complexity index is 1580. The van der Waals surface area contributed by atoms with Gasteiger partial charge in [-0.25, -0.2) is 14.8 Å². The number of halogens is 2. The van der Waals surface area contributed by atoms with Gasteiger partial charge in [0.1, 0.15) is 23.5 Å². The number of methoxy groups -OCH3 is 1. The van der Waals surface area contributed by atoms with E-state index in [1.807, 2.05) is 13.8 Å². The molecule has 2 aromatic rings. The zero-order valence-corrected chi connectivity index (χ0v) is 29.1. The molecule has 4 aliphatic rings. The Balaban J connectivity index is 1.43. The van der Waals surface area contributed by atoms with Crippen molar-refractivity contribution in [2.45, 2.75) is 115 Å². The van der Waals surface area contributed by atoms with Gasteiger partial charge in [0.2, 0.25) is 11.8 Å². The average Bonchev–Trinajstić information content (AvgIpc) is 3.58. The fourth-order valence-electron chi connectivity index (χ4n) is 8.37. The standard InChI is InChI=1S/C36H48F2N4O7/c1-21-27-20-42(28(21)22(2)43)32(44)30(34(3)15-17-47-18-16-34)41-33(45)49-35(4)13-8-10-23(35)9-6-7-14-36(37,38)29-31(48-27)40-26-19-24(46-5)11-12-25(26)39-29/h11-12,19,21,23,27-28,30H,6-10,13-18,20H2,1-5H3,(H,41,45)/t21-,23?,27+,28+,30-,35-/m1/s1. The number of alkyl halides is 2. The summed E-state index contributed by atoms with van der Waals surface area (Å²) in [7, 11) is 1.50. The van der Waals surface area contributed by atoms with Crippen molar-refractivity contribution in [3.63, 3.8) is 0 Å². The molecule has 2 saturated heterocycles. The average molecular weight is 687 g/mol. The van der Waals surface area contributed by atoms with Gasteiger partial charge in [-0.2, -0.15) is 8.78 Å². The molecule has 6 atom stereocenters. The van der Waals surface area contributed by atoms with Gasteiger partial charge in [0.05, 0.1) is 30.7 Å². The fourth-order valence-corrected chi connectivity index (χ4v) is 8.37. The van der Waals surface area contributed by atoms with Crippen LogP contribution in [0.5, 0.6) is 11.6 Å². The number of hydrogen-bond acceptors (Lipinski definition) is 9. The number of ketones is 1. The summed E-state index contributed by atoms with van der Waals surface area (Å²) in [5.74, 6) is -4.56. The molecule has 1 unspecified atom stereocenters. The van der Waals surface area contributed by atoms with Crippen molar-refractivity contribution in [3.05, 3.63) is 23.9 Å². The van der Waals surface area contributed by atoms with Crippen molar-refractivity contribution in [1.82, 2.24) is 20.2 Å². The topological polar surface area (TPSA) is 129 Å². The summed E-state index contributed by atoms with van der Waals surface area (Å²) < 4.78 is 55.8. The summed E-state index contributed by atoms with van der Waals surface area (Å²) in [6.07, 6.45) is 2.59. The molecule has 0 spiro atoms. The number of Topliss-reactive ketones (excluding diaryl/α,β-unsaturated/α-hetero) is 1. The van der Waals surface area contributed by atoms with Crippen LogP contribution in [0, 0.1) is 17.3 Å². The highest BCUT2D eigenvalue weighted by molar-refractivity contribution is 5.92. The lowest BCUT2D eigenvalue weighted by Gasteiger charge is -2.42. The van der Waals surface area contributed by atoms with Gasteiger partial charge in [0.25, 0.3) is 5.92 Å². The van der Waals surface area contributed by atoms with Crippen LogP contribution in [0.25, 0.3) is 11.0 Å². The van der Waals surface area contributed by atoms with E-state index in [0.717, 1.165) is 12.8 Å². The highest BCUT2D eigenvalue weighted by Crippen LogP contribution is 2.44. The van der Waals surface area contributed by atoms with E-state index in [0.29, 0.717) is 56.6 Å². The van der Waals surface area contributed by atoms with Crippen LogP contribution in [-0.4, -0.2) is 83.3 Å². The van der Waals surface area contributed by atoms with Gasteiger partial charge in [-0.05, 0) is 76.8 Å². The van der Waals surface area contributed by atoms with E-state index < -0.39 is 65.2 Å². The van der Waals surface area contributed by atoms with Crippen LogP contribution in [0.15, 0.2) is 18.2 Å². The Labute approximate surface area is 285 Å². The van der Waals surface area contributed by atoms with Crippen molar-refractivity contribution < 1.29 is 42.1 Å². The van der Waals surface area contributed by atoms with E-state index >= 15 is 8.78 Å². The summed E-state index contributed by atoms with van der Waals surface area (Å²) in [6.45, 7) is 7.74. The van der Waals surface area contributed by atoms with Gasteiger partial charge in [-0.15, -0.1) is 0 Å². The predicted molar refractivity (Wildman–Crippen MR) is 176 cm³/mol. The van der Waals surface area contributed by atoms with E-state index in [1.54, 1.807) is 25.1 Å². The number of rotatable bonds is 3. The normalized spacial score (nSPS) is 32.1. The summed E-state index contributed by atoms with van der Waals surface area (Å²) >= 11 is 0. The van der Waals surface area contributed by atoms with E-state index in [2.05, 4.69) is 15.3 Å². The Hall–Kier alpha value is -3.61. The van der Waals surface area contributed by atoms with Crippen LogP contribution in [0.3, 0.4) is 0 Å². The van der Waals surface area contributed by atoms with Gasteiger partial charge < -0.3 is 29.2 Å². The zero-order valence-electron chi connectivity index (χ0n) is 29.1. The second kappa shape index (κ2) is 13.6. The third-order valence-corrected chi connectivity index (χ3v) is 11.5. The van der Waals surface area contributed by atoms with E-state index in [1.165, 1.54) is 18.9 Å². The van der Waals surface area contributed by atoms with Gasteiger partial charge in [-0.3, -0.25) is 9.59 Å². The minimum absolute atomic E-state index is 0.0183. The number of carbonyl (C=O) groups is 3. The maximum absolute atomic E-state index is 16.2. The first kappa shape index (κ1) is 35.2. The van der Waals surface area contributed by atoms with Gasteiger partial charge in [-0.1, -0.05) is 20.3 Å². The molecular formula is C36H48F2N4O7. The molecule has 13 heteroatoms. The molecule has 1 aromatic carbocycles. The van der Waals surface area contributed by atoms with E-state index in [9.17, 15) is 14.4 Å². The number of carbonyl (C=O) groups excluding carboxylic acids is 3. The molecule has 2 bridgehead atoms. The molecule has 2 amide bonds. The third kappa shape index (κ3) is 6.92. The molecule has 11 nitrogen and oxygen atoms in total. The Morgan fingerprint density at radius 1 is 1.02 bits per heavy atom. The SMILES string of the molecule is COc1ccc2nc3c(nc2c1)O[C@H]1CN(C(=O)[C@H](C2(C)CCOCC2)NC(=O)O[C@]2(C)CCCC2CCCCC3(F)F)[C@H](C(C)=O)[C@@H]1C. The molecule has 6 rings (SSSR count). The molecule has 268 valence electrons. The van der Waals surface area contributed by atoms with Crippen LogP contribution < -0.4 is 14.8 Å². The van der Waals surface area contributed by atoms with Gasteiger partial charge in [0, 0.05) is 37.0 Å². The van der Waals surface area contributed by atoms with Gasteiger partial charge in [0.15, 0.2) is 11.5 Å². The molecule has 1 saturated carbocycles. The molecule has 4 heterocycles. The number of hydrogen-bond donors (Lipinski definition) is 1. The largest absolute Gasteiger partial charge is 0.497 e. The maximum Gasteiger partial charge on any atom is 0.408 e. The first-order chi connectivity index (χ1) is 23.2. The fraction of sp³-hybridized carbons (Fsp3) is 0.694.